The molecule has 0 spiro atoms. The number of nitrogens with zero attached hydrogens (tertiary/aromatic N) is 2. The molecule has 1 aromatic rings. The lowest BCUT2D eigenvalue weighted by Crippen LogP contribution is -2.40. The molecular formula is C16H23N3O4. The van der Waals surface area contributed by atoms with Crippen molar-refractivity contribution in [3.05, 3.63) is 29.8 Å². The number of amides is 2. The maximum absolute atomic E-state index is 12.0. The lowest BCUT2D eigenvalue weighted by Gasteiger charge is -2.22. The van der Waals surface area contributed by atoms with Gasteiger partial charge in [0.2, 0.25) is 11.8 Å². The van der Waals surface area contributed by atoms with Crippen LogP contribution >= 0.6 is 0 Å². The van der Waals surface area contributed by atoms with Gasteiger partial charge in [-0.15, -0.1) is 0 Å². The zero-order chi connectivity index (χ0) is 17.4. The predicted octanol–water partition coefficient (Wildman–Crippen LogP) is 0.822. The number of likely N-dealkylation sites (N-methyl/N-ethyl adjacent to an activating group) is 1. The Hall–Kier alpha value is -2.41. The minimum absolute atomic E-state index is 0.0120. The van der Waals surface area contributed by atoms with E-state index >= 15 is 0 Å². The number of hydrogen-bond donors (Lipinski definition) is 1. The fourth-order valence-corrected chi connectivity index (χ4v) is 1.85. The maximum atomic E-state index is 12.0. The highest BCUT2D eigenvalue weighted by Crippen LogP contribution is 2.10. The number of carbonyl (C=O) groups is 3. The molecule has 0 saturated carbocycles. The van der Waals surface area contributed by atoms with Crippen LogP contribution in [-0.2, 0) is 14.3 Å². The topological polar surface area (TPSA) is 79.0 Å². The maximum Gasteiger partial charge on any atom is 0.337 e. The molecule has 126 valence electrons. The van der Waals surface area contributed by atoms with Crippen molar-refractivity contribution in [1.82, 2.24) is 9.80 Å². The van der Waals surface area contributed by atoms with Crippen LogP contribution in [0.15, 0.2) is 24.3 Å². The Morgan fingerprint density at radius 3 is 2.17 bits per heavy atom. The van der Waals surface area contributed by atoms with E-state index in [0.29, 0.717) is 24.3 Å². The first-order valence-corrected chi connectivity index (χ1v) is 7.22. The van der Waals surface area contributed by atoms with Crippen molar-refractivity contribution in [2.45, 2.75) is 6.92 Å². The first-order chi connectivity index (χ1) is 10.8. The third-order valence-corrected chi connectivity index (χ3v) is 3.19. The van der Waals surface area contributed by atoms with Crippen LogP contribution < -0.4 is 5.32 Å². The van der Waals surface area contributed by atoms with Gasteiger partial charge < -0.3 is 19.9 Å². The molecule has 0 radical (unpaired) electrons. The highest BCUT2D eigenvalue weighted by molar-refractivity contribution is 5.95. The molecule has 0 atom stereocenters. The lowest BCUT2D eigenvalue weighted by molar-refractivity contribution is -0.132. The summed E-state index contributed by atoms with van der Waals surface area (Å²) >= 11 is 0. The van der Waals surface area contributed by atoms with Crippen LogP contribution in [0.5, 0.6) is 0 Å². The van der Waals surface area contributed by atoms with Crippen molar-refractivity contribution in [2.75, 3.05) is 46.2 Å². The minimum atomic E-state index is -0.436. The molecule has 0 fully saturated rings. The van der Waals surface area contributed by atoms with Gasteiger partial charge in [-0.2, -0.15) is 0 Å². The Morgan fingerprint density at radius 2 is 1.70 bits per heavy atom. The second-order valence-corrected chi connectivity index (χ2v) is 5.36. The van der Waals surface area contributed by atoms with Crippen LogP contribution in [0.3, 0.4) is 0 Å². The monoisotopic (exact) mass is 321 g/mol. The molecular weight excluding hydrogens is 298 g/mol. The molecule has 1 rings (SSSR count). The van der Waals surface area contributed by atoms with E-state index in [0.717, 1.165) is 0 Å². The summed E-state index contributed by atoms with van der Waals surface area (Å²) in [7, 11) is 5.12. The average molecular weight is 321 g/mol. The number of anilines is 1. The molecule has 7 heteroatoms. The average Bonchev–Trinajstić information content (AvgIpc) is 2.50. The number of hydrogen-bond acceptors (Lipinski definition) is 5. The molecule has 0 aromatic heterocycles. The fourth-order valence-electron chi connectivity index (χ4n) is 1.85. The van der Waals surface area contributed by atoms with Gasteiger partial charge in [-0.05, 0) is 38.4 Å². The summed E-state index contributed by atoms with van der Waals surface area (Å²) in [4.78, 5) is 38.4. The van der Waals surface area contributed by atoms with Crippen molar-refractivity contribution in [3.63, 3.8) is 0 Å². The summed E-state index contributed by atoms with van der Waals surface area (Å²) in [6.45, 7) is 2.59. The molecule has 0 saturated heterocycles. The van der Waals surface area contributed by atoms with E-state index in [-0.39, 0.29) is 18.4 Å². The van der Waals surface area contributed by atoms with E-state index in [2.05, 4.69) is 10.1 Å². The zero-order valence-corrected chi connectivity index (χ0v) is 14.0. The van der Waals surface area contributed by atoms with Gasteiger partial charge in [0, 0.05) is 25.7 Å². The molecule has 1 N–H and O–H groups in total. The number of carbonyl (C=O) groups excluding carboxylic acids is 3. The predicted molar refractivity (Wildman–Crippen MR) is 87.2 cm³/mol. The lowest BCUT2D eigenvalue weighted by atomic mass is 10.2. The van der Waals surface area contributed by atoms with Gasteiger partial charge in [0.1, 0.15) is 0 Å². The van der Waals surface area contributed by atoms with Gasteiger partial charge >= 0.3 is 5.97 Å². The van der Waals surface area contributed by atoms with Crippen LogP contribution in [0.1, 0.15) is 17.3 Å². The molecule has 0 bridgehead atoms. The van der Waals surface area contributed by atoms with Crippen molar-refractivity contribution in [3.8, 4) is 0 Å². The molecule has 7 nitrogen and oxygen atoms in total. The standard InChI is InChI=1S/C16H23N3O4/c1-12(20)19(10-9-18(2)3)11-15(21)17-14-7-5-13(6-8-14)16(22)23-4/h5-8H,9-11H2,1-4H3,(H,17,21). The molecule has 0 heterocycles. The van der Waals surface area contributed by atoms with Gasteiger partial charge in [-0.3, -0.25) is 9.59 Å². The quantitative estimate of drug-likeness (QED) is 0.752. The van der Waals surface area contributed by atoms with Crippen LogP contribution in [-0.4, -0.2) is 68.4 Å². The van der Waals surface area contributed by atoms with E-state index in [1.165, 1.54) is 18.9 Å². The second kappa shape index (κ2) is 8.89. The van der Waals surface area contributed by atoms with E-state index in [1.54, 1.807) is 24.3 Å². The molecule has 1 aromatic carbocycles. The number of benzene rings is 1. The van der Waals surface area contributed by atoms with Crippen LogP contribution in [0, 0.1) is 0 Å². The number of ether oxygens (including phenoxy) is 1. The fraction of sp³-hybridized carbons (Fsp3) is 0.438. The smallest absolute Gasteiger partial charge is 0.337 e. The molecule has 23 heavy (non-hydrogen) atoms. The summed E-state index contributed by atoms with van der Waals surface area (Å²) < 4.78 is 4.61. The number of methoxy groups -OCH3 is 1. The highest BCUT2D eigenvalue weighted by atomic mass is 16.5. The Bertz CT molecular complexity index is 555. The Balaban J connectivity index is 2.60. The summed E-state index contributed by atoms with van der Waals surface area (Å²) in [5, 5.41) is 2.70. The molecule has 0 unspecified atom stereocenters. The summed E-state index contributed by atoms with van der Waals surface area (Å²) in [5.74, 6) is -0.873. The van der Waals surface area contributed by atoms with Gasteiger partial charge in [0.15, 0.2) is 0 Å². The zero-order valence-electron chi connectivity index (χ0n) is 14.0. The van der Waals surface area contributed by atoms with Gasteiger partial charge in [-0.25, -0.2) is 4.79 Å². The van der Waals surface area contributed by atoms with E-state index in [1.807, 2.05) is 19.0 Å². The van der Waals surface area contributed by atoms with E-state index in [4.69, 9.17) is 0 Å². The summed E-state index contributed by atoms with van der Waals surface area (Å²) in [6.07, 6.45) is 0. The SMILES string of the molecule is COC(=O)c1ccc(NC(=O)CN(CCN(C)C)C(C)=O)cc1. The van der Waals surface area contributed by atoms with Crippen molar-refractivity contribution >= 4 is 23.5 Å². The van der Waals surface area contributed by atoms with Gasteiger partial charge in [0.05, 0.1) is 19.2 Å². The first-order valence-electron chi connectivity index (χ1n) is 7.22. The van der Waals surface area contributed by atoms with Gasteiger partial charge in [0.25, 0.3) is 0 Å². The third kappa shape index (κ3) is 6.48. The van der Waals surface area contributed by atoms with E-state index < -0.39 is 5.97 Å². The highest BCUT2D eigenvalue weighted by Gasteiger charge is 2.14. The van der Waals surface area contributed by atoms with Crippen molar-refractivity contribution in [2.24, 2.45) is 0 Å². The molecule has 0 aliphatic carbocycles. The summed E-state index contributed by atoms with van der Waals surface area (Å²) in [5.41, 5.74) is 0.959. The number of esters is 1. The molecule has 2 amide bonds. The first kappa shape index (κ1) is 18.6. The number of rotatable bonds is 7. The second-order valence-electron chi connectivity index (χ2n) is 5.36. The minimum Gasteiger partial charge on any atom is -0.465 e. The molecule has 0 aliphatic rings. The normalized spacial score (nSPS) is 10.3. The third-order valence-electron chi connectivity index (χ3n) is 3.19. The summed E-state index contributed by atoms with van der Waals surface area (Å²) in [6, 6.07) is 6.36. The number of nitrogens with one attached hydrogen (secondary N) is 1. The molecule has 0 aliphatic heterocycles. The Labute approximate surface area is 136 Å². The Kier molecular flexibility index (Phi) is 7.21. The van der Waals surface area contributed by atoms with Crippen molar-refractivity contribution < 1.29 is 19.1 Å². The largest absolute Gasteiger partial charge is 0.465 e. The van der Waals surface area contributed by atoms with Crippen molar-refractivity contribution in [1.29, 1.82) is 0 Å². The van der Waals surface area contributed by atoms with Crippen LogP contribution in [0.2, 0.25) is 0 Å². The van der Waals surface area contributed by atoms with Crippen LogP contribution in [0.4, 0.5) is 5.69 Å². The Morgan fingerprint density at radius 1 is 1.09 bits per heavy atom. The van der Waals surface area contributed by atoms with Crippen LogP contribution in [0.25, 0.3) is 0 Å². The van der Waals surface area contributed by atoms with Gasteiger partial charge in [-0.1, -0.05) is 0 Å². The van der Waals surface area contributed by atoms with E-state index in [9.17, 15) is 14.4 Å².